The van der Waals surface area contributed by atoms with Crippen LogP contribution in [-0.2, 0) is 16.4 Å². The van der Waals surface area contributed by atoms with Gasteiger partial charge in [0.1, 0.15) is 0 Å². The number of hydrogen-bond acceptors (Lipinski definition) is 4. The number of amides is 2. The number of urea groups is 1. The van der Waals surface area contributed by atoms with Gasteiger partial charge in [-0.1, -0.05) is 24.3 Å². The predicted octanol–water partition coefficient (Wildman–Crippen LogP) is 3.59. The third kappa shape index (κ3) is 5.56. The molecule has 1 aliphatic rings. The summed E-state index contributed by atoms with van der Waals surface area (Å²) in [5, 5.41) is 2.96. The van der Waals surface area contributed by atoms with Crippen molar-refractivity contribution >= 4 is 37.5 Å². The standard InChI is InChI=1S/C20H24BrN3O3S/c1-28(26,27)17-9-7-16(8-10-17)15-23-11-4-12-24(14-13-23)20(25)22-19-6-3-2-5-18(19)21/h2-3,5-10H,4,11-15H2,1H3,(H,22,25). The Labute approximate surface area is 174 Å². The SMILES string of the molecule is CS(=O)(=O)c1ccc(CN2CCCN(C(=O)Nc3ccccc3Br)CC2)cc1. The molecule has 0 atom stereocenters. The molecule has 3 rings (SSSR count). The van der Waals surface area contributed by atoms with Crippen LogP contribution in [0.25, 0.3) is 0 Å². The van der Waals surface area contributed by atoms with Crippen molar-refractivity contribution in [3.05, 3.63) is 58.6 Å². The zero-order valence-electron chi connectivity index (χ0n) is 15.8. The fourth-order valence-electron chi connectivity index (χ4n) is 3.19. The molecular weight excluding hydrogens is 442 g/mol. The molecular formula is C20H24BrN3O3S. The van der Waals surface area contributed by atoms with Gasteiger partial charge in [-0.3, -0.25) is 4.90 Å². The summed E-state index contributed by atoms with van der Waals surface area (Å²) in [6.07, 6.45) is 2.11. The maximum Gasteiger partial charge on any atom is 0.321 e. The van der Waals surface area contributed by atoms with Crippen molar-refractivity contribution in [3.8, 4) is 0 Å². The minimum absolute atomic E-state index is 0.0914. The number of hydrogen-bond donors (Lipinski definition) is 1. The second-order valence-electron chi connectivity index (χ2n) is 6.94. The van der Waals surface area contributed by atoms with E-state index in [1.807, 2.05) is 41.3 Å². The first-order chi connectivity index (χ1) is 13.3. The van der Waals surface area contributed by atoms with E-state index < -0.39 is 9.84 Å². The largest absolute Gasteiger partial charge is 0.323 e. The Morgan fingerprint density at radius 3 is 2.43 bits per heavy atom. The van der Waals surface area contributed by atoms with Crippen LogP contribution in [-0.4, -0.2) is 56.7 Å². The summed E-state index contributed by atoms with van der Waals surface area (Å²) in [7, 11) is -3.17. The molecule has 28 heavy (non-hydrogen) atoms. The monoisotopic (exact) mass is 465 g/mol. The molecule has 0 radical (unpaired) electrons. The molecule has 1 heterocycles. The molecule has 8 heteroatoms. The summed E-state index contributed by atoms with van der Waals surface area (Å²) < 4.78 is 24.0. The van der Waals surface area contributed by atoms with Gasteiger partial charge in [0, 0.05) is 43.5 Å². The Kier molecular flexibility index (Phi) is 6.74. The molecule has 150 valence electrons. The lowest BCUT2D eigenvalue weighted by Gasteiger charge is -2.22. The average molecular weight is 466 g/mol. The molecule has 1 fully saturated rings. The fourth-order valence-corrected chi connectivity index (χ4v) is 4.20. The molecule has 6 nitrogen and oxygen atoms in total. The van der Waals surface area contributed by atoms with E-state index in [2.05, 4.69) is 26.1 Å². The van der Waals surface area contributed by atoms with E-state index >= 15 is 0 Å². The lowest BCUT2D eigenvalue weighted by atomic mass is 10.2. The summed E-state index contributed by atoms with van der Waals surface area (Å²) in [6, 6.07) is 14.5. The lowest BCUT2D eigenvalue weighted by Crippen LogP contribution is -2.38. The number of benzene rings is 2. The topological polar surface area (TPSA) is 69.7 Å². The maximum absolute atomic E-state index is 12.6. The molecule has 2 amide bonds. The van der Waals surface area contributed by atoms with Crippen molar-refractivity contribution in [3.63, 3.8) is 0 Å². The molecule has 2 aromatic carbocycles. The number of carbonyl (C=O) groups excluding carboxylic acids is 1. The number of rotatable bonds is 4. The first kappa shape index (κ1) is 20.8. The van der Waals surface area contributed by atoms with Gasteiger partial charge in [0.2, 0.25) is 0 Å². The van der Waals surface area contributed by atoms with Crippen molar-refractivity contribution in [1.29, 1.82) is 0 Å². The molecule has 0 aliphatic carbocycles. The quantitative estimate of drug-likeness (QED) is 0.748. The molecule has 2 aromatic rings. The number of carbonyl (C=O) groups is 1. The van der Waals surface area contributed by atoms with E-state index in [9.17, 15) is 13.2 Å². The molecule has 0 spiro atoms. The first-order valence-corrected chi connectivity index (χ1v) is 11.8. The van der Waals surface area contributed by atoms with Gasteiger partial charge in [-0.2, -0.15) is 0 Å². The number of para-hydroxylation sites is 1. The fraction of sp³-hybridized carbons (Fsp3) is 0.350. The van der Waals surface area contributed by atoms with E-state index in [0.717, 1.165) is 41.8 Å². The zero-order chi connectivity index (χ0) is 20.1. The molecule has 1 aliphatic heterocycles. The van der Waals surface area contributed by atoms with E-state index in [1.54, 1.807) is 12.1 Å². The predicted molar refractivity (Wildman–Crippen MR) is 114 cm³/mol. The van der Waals surface area contributed by atoms with E-state index in [1.165, 1.54) is 6.26 Å². The highest BCUT2D eigenvalue weighted by Crippen LogP contribution is 2.22. The van der Waals surface area contributed by atoms with Gasteiger partial charge in [0.05, 0.1) is 10.6 Å². The van der Waals surface area contributed by atoms with Crippen molar-refractivity contribution in [1.82, 2.24) is 9.80 Å². The highest BCUT2D eigenvalue weighted by Gasteiger charge is 2.20. The summed E-state index contributed by atoms with van der Waals surface area (Å²) in [6.45, 7) is 3.77. The third-order valence-corrected chi connectivity index (χ3v) is 6.57. The first-order valence-electron chi connectivity index (χ1n) is 9.15. The van der Waals surface area contributed by atoms with Gasteiger partial charge in [-0.25, -0.2) is 13.2 Å². The van der Waals surface area contributed by atoms with E-state index in [-0.39, 0.29) is 6.03 Å². The van der Waals surface area contributed by atoms with Crippen LogP contribution in [0.15, 0.2) is 57.9 Å². The van der Waals surface area contributed by atoms with Gasteiger partial charge in [0.15, 0.2) is 9.84 Å². The Morgan fingerprint density at radius 2 is 1.75 bits per heavy atom. The molecule has 1 N–H and O–H groups in total. The Balaban J connectivity index is 1.56. The van der Waals surface area contributed by atoms with Crippen LogP contribution in [0.1, 0.15) is 12.0 Å². The summed E-state index contributed by atoms with van der Waals surface area (Å²) in [5.74, 6) is 0. The molecule has 0 saturated carbocycles. The lowest BCUT2D eigenvalue weighted by molar-refractivity contribution is 0.211. The van der Waals surface area contributed by atoms with Crippen LogP contribution in [0.2, 0.25) is 0 Å². The number of anilines is 1. The van der Waals surface area contributed by atoms with Crippen LogP contribution >= 0.6 is 15.9 Å². The van der Waals surface area contributed by atoms with E-state index in [0.29, 0.717) is 18.0 Å². The van der Waals surface area contributed by atoms with Gasteiger partial charge < -0.3 is 10.2 Å². The van der Waals surface area contributed by atoms with Crippen molar-refractivity contribution in [2.45, 2.75) is 17.9 Å². The Hall–Kier alpha value is -1.90. The molecule has 0 aromatic heterocycles. The highest BCUT2D eigenvalue weighted by molar-refractivity contribution is 9.10. The van der Waals surface area contributed by atoms with Crippen LogP contribution < -0.4 is 5.32 Å². The van der Waals surface area contributed by atoms with Gasteiger partial charge in [-0.15, -0.1) is 0 Å². The number of nitrogens with one attached hydrogen (secondary N) is 1. The molecule has 0 unspecified atom stereocenters. The van der Waals surface area contributed by atoms with Crippen LogP contribution in [0.4, 0.5) is 10.5 Å². The van der Waals surface area contributed by atoms with Crippen molar-refractivity contribution in [2.75, 3.05) is 37.8 Å². The van der Waals surface area contributed by atoms with Gasteiger partial charge >= 0.3 is 6.03 Å². The Bertz CT molecular complexity index is 932. The number of halogens is 1. The summed E-state index contributed by atoms with van der Waals surface area (Å²) in [5.41, 5.74) is 1.83. The summed E-state index contributed by atoms with van der Waals surface area (Å²) in [4.78, 5) is 17.1. The minimum Gasteiger partial charge on any atom is -0.323 e. The second kappa shape index (κ2) is 9.07. The molecule has 0 bridgehead atoms. The minimum atomic E-state index is -3.17. The van der Waals surface area contributed by atoms with E-state index in [4.69, 9.17) is 0 Å². The third-order valence-electron chi connectivity index (χ3n) is 4.75. The smallest absolute Gasteiger partial charge is 0.321 e. The van der Waals surface area contributed by atoms with Crippen molar-refractivity contribution < 1.29 is 13.2 Å². The van der Waals surface area contributed by atoms with Crippen molar-refractivity contribution in [2.24, 2.45) is 0 Å². The van der Waals surface area contributed by atoms with Gasteiger partial charge in [0.25, 0.3) is 0 Å². The second-order valence-corrected chi connectivity index (χ2v) is 9.81. The number of nitrogens with zero attached hydrogens (tertiary/aromatic N) is 2. The summed E-state index contributed by atoms with van der Waals surface area (Å²) >= 11 is 3.45. The average Bonchev–Trinajstić information content (AvgIpc) is 2.89. The zero-order valence-corrected chi connectivity index (χ0v) is 18.2. The molecule has 1 saturated heterocycles. The van der Waals surface area contributed by atoms with Crippen LogP contribution in [0.3, 0.4) is 0 Å². The van der Waals surface area contributed by atoms with Crippen LogP contribution in [0, 0.1) is 0 Å². The maximum atomic E-state index is 12.6. The normalized spacial score (nSPS) is 15.9. The van der Waals surface area contributed by atoms with Crippen LogP contribution in [0.5, 0.6) is 0 Å². The Morgan fingerprint density at radius 1 is 1.04 bits per heavy atom. The van der Waals surface area contributed by atoms with Gasteiger partial charge in [-0.05, 0) is 52.2 Å². The number of sulfone groups is 1. The highest BCUT2D eigenvalue weighted by atomic mass is 79.9.